The van der Waals surface area contributed by atoms with E-state index in [1.54, 1.807) is 6.07 Å². The number of hydrogen-bond donors (Lipinski definition) is 1. The van der Waals surface area contributed by atoms with Crippen LogP contribution in [0.25, 0.3) is 11.1 Å². The Balaban J connectivity index is 0. The molecule has 0 fully saturated rings. The predicted molar refractivity (Wildman–Crippen MR) is 66.4 cm³/mol. The van der Waals surface area contributed by atoms with Gasteiger partial charge in [0.15, 0.2) is 5.58 Å². The highest BCUT2D eigenvalue weighted by Gasteiger charge is 1.98. The van der Waals surface area contributed by atoms with E-state index in [9.17, 15) is 4.79 Å². The van der Waals surface area contributed by atoms with Gasteiger partial charge in [0.05, 0.1) is 5.52 Å². The summed E-state index contributed by atoms with van der Waals surface area (Å²) in [6.07, 6.45) is 0. The molecule has 1 N–H and O–H groups in total. The van der Waals surface area contributed by atoms with Crippen LogP contribution in [-0.4, -0.2) is 4.98 Å². The standard InChI is InChI=1S/C8H7NO2.2C2H6.H2/c1-5-2-3-7-6(4-5)9-8(10)11-7;2*1-2;/h2-4H,1H3,(H,9,10);2*1-2H3;1H. The monoisotopic (exact) mass is 211 g/mol. The van der Waals surface area contributed by atoms with Gasteiger partial charge in [0.2, 0.25) is 0 Å². The maximum Gasteiger partial charge on any atom is 0.417 e. The first-order valence-electron chi connectivity index (χ1n) is 5.35. The fraction of sp³-hybridized carbons (Fsp3) is 0.417. The van der Waals surface area contributed by atoms with Gasteiger partial charge in [-0.25, -0.2) is 4.79 Å². The van der Waals surface area contributed by atoms with E-state index in [0.717, 1.165) is 11.1 Å². The molecule has 1 aromatic carbocycles. The van der Waals surface area contributed by atoms with Gasteiger partial charge in [0.25, 0.3) is 0 Å². The second-order valence-electron chi connectivity index (χ2n) is 2.51. The molecule has 0 spiro atoms. The highest BCUT2D eigenvalue weighted by atomic mass is 16.4. The third-order valence-electron chi connectivity index (χ3n) is 1.57. The lowest BCUT2D eigenvalue weighted by Gasteiger charge is -1.88. The molecular formula is C12H21NO2. The maximum absolute atomic E-state index is 10.7. The van der Waals surface area contributed by atoms with E-state index in [0.29, 0.717) is 5.58 Å². The van der Waals surface area contributed by atoms with Crippen molar-refractivity contribution in [2.24, 2.45) is 0 Å². The van der Waals surface area contributed by atoms with Crippen LogP contribution in [0.2, 0.25) is 0 Å². The Bertz CT molecular complexity index is 445. The van der Waals surface area contributed by atoms with Crippen molar-refractivity contribution in [3.63, 3.8) is 0 Å². The van der Waals surface area contributed by atoms with Gasteiger partial charge in [0.1, 0.15) is 0 Å². The molecular weight excluding hydrogens is 190 g/mol. The molecule has 0 saturated carbocycles. The van der Waals surface area contributed by atoms with Crippen LogP contribution in [-0.2, 0) is 0 Å². The van der Waals surface area contributed by atoms with E-state index in [1.165, 1.54) is 0 Å². The van der Waals surface area contributed by atoms with Crippen LogP contribution in [0, 0.1) is 6.92 Å². The summed E-state index contributed by atoms with van der Waals surface area (Å²) in [5, 5.41) is 0. The fourth-order valence-corrected chi connectivity index (χ4v) is 1.07. The van der Waals surface area contributed by atoms with Crippen LogP contribution < -0.4 is 5.76 Å². The normalized spacial score (nSPS) is 8.60. The number of H-pyrrole nitrogens is 1. The average molecular weight is 211 g/mol. The van der Waals surface area contributed by atoms with E-state index in [1.807, 2.05) is 46.8 Å². The number of nitrogens with one attached hydrogen (secondary N) is 1. The molecule has 0 atom stereocenters. The molecule has 0 saturated heterocycles. The highest BCUT2D eigenvalue weighted by Crippen LogP contribution is 2.10. The summed E-state index contributed by atoms with van der Waals surface area (Å²) >= 11 is 0. The Labute approximate surface area is 91.6 Å². The van der Waals surface area contributed by atoms with Crippen LogP contribution in [0.4, 0.5) is 0 Å². The largest absolute Gasteiger partial charge is 0.417 e. The van der Waals surface area contributed by atoms with Gasteiger partial charge < -0.3 is 4.42 Å². The Morgan fingerprint density at radius 3 is 2.40 bits per heavy atom. The Kier molecular flexibility index (Phi) is 6.18. The lowest BCUT2D eigenvalue weighted by Crippen LogP contribution is -1.92. The minimum atomic E-state index is -0.398. The minimum Gasteiger partial charge on any atom is -0.408 e. The molecule has 2 rings (SSSR count). The summed E-state index contributed by atoms with van der Waals surface area (Å²) < 4.78 is 4.81. The van der Waals surface area contributed by atoms with E-state index in [2.05, 4.69) is 4.98 Å². The summed E-state index contributed by atoms with van der Waals surface area (Å²) in [6, 6.07) is 5.56. The number of aromatic amines is 1. The molecule has 2 aromatic rings. The first-order chi connectivity index (χ1) is 7.25. The molecule has 1 heterocycles. The van der Waals surface area contributed by atoms with Crippen molar-refractivity contribution in [3.05, 3.63) is 34.3 Å². The molecule has 15 heavy (non-hydrogen) atoms. The van der Waals surface area contributed by atoms with Gasteiger partial charge in [-0.2, -0.15) is 0 Å². The van der Waals surface area contributed by atoms with Crippen molar-refractivity contribution in [1.29, 1.82) is 0 Å². The molecule has 1 aromatic heterocycles. The second kappa shape index (κ2) is 6.87. The summed E-state index contributed by atoms with van der Waals surface area (Å²) in [4.78, 5) is 13.3. The highest BCUT2D eigenvalue weighted by molar-refractivity contribution is 5.72. The van der Waals surface area contributed by atoms with Crippen molar-refractivity contribution in [1.82, 2.24) is 4.98 Å². The Hall–Kier alpha value is -1.51. The molecule has 0 aliphatic heterocycles. The quantitative estimate of drug-likeness (QED) is 0.721. The molecule has 0 amide bonds. The topological polar surface area (TPSA) is 46.0 Å². The first kappa shape index (κ1) is 13.5. The number of benzene rings is 1. The SMILES string of the molecule is CC.CC.Cc1ccc2oc(=O)[nH]c2c1.[HH]. The zero-order valence-corrected chi connectivity index (χ0v) is 10.0. The molecule has 3 nitrogen and oxygen atoms in total. The summed E-state index contributed by atoms with van der Waals surface area (Å²) in [7, 11) is 0. The van der Waals surface area contributed by atoms with Crippen LogP contribution in [0.3, 0.4) is 0 Å². The van der Waals surface area contributed by atoms with E-state index < -0.39 is 5.76 Å². The van der Waals surface area contributed by atoms with E-state index in [4.69, 9.17) is 4.42 Å². The first-order valence-corrected chi connectivity index (χ1v) is 5.35. The fourth-order valence-electron chi connectivity index (χ4n) is 1.07. The van der Waals surface area contributed by atoms with Gasteiger partial charge in [-0.1, -0.05) is 33.8 Å². The zero-order valence-electron chi connectivity index (χ0n) is 10.0. The Morgan fingerprint density at radius 2 is 1.80 bits per heavy atom. The summed E-state index contributed by atoms with van der Waals surface area (Å²) in [5.41, 5.74) is 2.48. The predicted octanol–water partition coefficient (Wildman–Crippen LogP) is 3.73. The van der Waals surface area contributed by atoms with Gasteiger partial charge in [0, 0.05) is 1.43 Å². The molecule has 0 radical (unpaired) electrons. The zero-order chi connectivity index (χ0) is 11.8. The van der Waals surface area contributed by atoms with Crippen molar-refractivity contribution in [2.75, 3.05) is 0 Å². The van der Waals surface area contributed by atoms with Crippen molar-refractivity contribution in [3.8, 4) is 0 Å². The van der Waals surface area contributed by atoms with Crippen LogP contribution >= 0.6 is 0 Å². The number of fused-ring (bicyclic) bond motifs is 1. The summed E-state index contributed by atoms with van der Waals surface area (Å²) in [5.74, 6) is -0.398. The van der Waals surface area contributed by atoms with E-state index in [-0.39, 0.29) is 1.43 Å². The maximum atomic E-state index is 10.7. The van der Waals surface area contributed by atoms with Gasteiger partial charge in [-0.3, -0.25) is 4.98 Å². The third kappa shape index (κ3) is 3.62. The number of rotatable bonds is 0. The minimum absolute atomic E-state index is 0. The average Bonchev–Trinajstić information content (AvgIpc) is 2.63. The van der Waals surface area contributed by atoms with Crippen LogP contribution in [0.5, 0.6) is 0 Å². The molecule has 0 unspecified atom stereocenters. The van der Waals surface area contributed by atoms with Crippen molar-refractivity contribution in [2.45, 2.75) is 34.6 Å². The lowest BCUT2D eigenvalue weighted by atomic mass is 10.2. The second-order valence-corrected chi connectivity index (χ2v) is 2.51. The molecule has 3 heteroatoms. The molecule has 0 aliphatic carbocycles. The van der Waals surface area contributed by atoms with Gasteiger partial charge >= 0.3 is 5.76 Å². The van der Waals surface area contributed by atoms with Crippen LogP contribution in [0.15, 0.2) is 27.4 Å². The number of aryl methyl sites for hydroxylation is 1. The molecule has 0 aliphatic rings. The van der Waals surface area contributed by atoms with E-state index >= 15 is 0 Å². The van der Waals surface area contributed by atoms with Crippen molar-refractivity contribution >= 4 is 11.1 Å². The lowest BCUT2D eigenvalue weighted by molar-refractivity contribution is 0.555. The molecule has 86 valence electrons. The Morgan fingerprint density at radius 1 is 1.20 bits per heavy atom. The molecule has 0 bridgehead atoms. The number of hydrogen-bond acceptors (Lipinski definition) is 2. The number of oxazole rings is 1. The number of aromatic nitrogens is 1. The van der Waals surface area contributed by atoms with Gasteiger partial charge in [-0.15, -0.1) is 0 Å². The third-order valence-corrected chi connectivity index (χ3v) is 1.57. The van der Waals surface area contributed by atoms with Crippen molar-refractivity contribution < 1.29 is 5.84 Å². The summed E-state index contributed by atoms with van der Waals surface area (Å²) in [6.45, 7) is 9.96. The smallest absolute Gasteiger partial charge is 0.408 e. The van der Waals surface area contributed by atoms with Crippen LogP contribution in [0.1, 0.15) is 34.7 Å². The van der Waals surface area contributed by atoms with Gasteiger partial charge in [-0.05, 0) is 24.6 Å².